The van der Waals surface area contributed by atoms with Crippen molar-refractivity contribution >= 4 is 17.6 Å². The predicted molar refractivity (Wildman–Crippen MR) is 65.0 cm³/mol. The molecule has 0 saturated carbocycles. The minimum Gasteiger partial charge on any atom is -0.368 e. The van der Waals surface area contributed by atoms with Gasteiger partial charge in [0.15, 0.2) is 0 Å². The minimum absolute atomic E-state index is 0.861. The first kappa shape index (κ1) is 9.15. The molecule has 0 unspecified atom stereocenters. The van der Waals surface area contributed by atoms with Gasteiger partial charge in [0.05, 0.1) is 24.2 Å². The molecule has 0 radical (unpaired) electrons. The Kier molecular flexibility index (Phi) is 1.99. The zero-order valence-electron chi connectivity index (χ0n) is 9.04. The molecular weight excluding hydrogens is 200 g/mol. The number of fused-ring (bicyclic) bond motifs is 1. The van der Waals surface area contributed by atoms with E-state index in [1.807, 2.05) is 23.0 Å². The molecule has 0 atom stereocenters. The number of hydrogen-bond acceptors (Lipinski definition) is 3. The normalized spacial score (nSPS) is 13.9. The average Bonchev–Trinajstić information content (AvgIpc) is 2.83. The van der Waals surface area contributed by atoms with Crippen molar-refractivity contribution < 1.29 is 0 Å². The molecule has 2 heterocycles. The van der Waals surface area contributed by atoms with E-state index in [0.717, 1.165) is 23.6 Å². The lowest BCUT2D eigenvalue weighted by Crippen LogP contribution is -2.22. The molecule has 0 N–H and O–H groups in total. The molecule has 1 aliphatic rings. The summed E-state index contributed by atoms with van der Waals surface area (Å²) in [6.07, 6.45) is 7.45. The van der Waals surface area contributed by atoms with E-state index < -0.39 is 0 Å². The Bertz CT molecular complexity index is 528. The zero-order valence-corrected chi connectivity index (χ0v) is 9.04. The third-order valence-corrected chi connectivity index (χ3v) is 2.76. The molecule has 0 bridgehead atoms. The molecule has 0 spiro atoms. The molecule has 2 aromatic rings. The van der Waals surface area contributed by atoms with Gasteiger partial charge in [-0.25, -0.2) is 4.98 Å². The lowest BCUT2D eigenvalue weighted by Gasteiger charge is -2.23. The molecule has 1 aromatic carbocycles. The lowest BCUT2D eigenvalue weighted by molar-refractivity contribution is 1.02. The molecule has 4 heteroatoms. The highest BCUT2D eigenvalue weighted by atomic mass is 15.1. The van der Waals surface area contributed by atoms with Crippen molar-refractivity contribution in [1.82, 2.24) is 9.55 Å². The van der Waals surface area contributed by atoms with E-state index >= 15 is 0 Å². The topological polar surface area (TPSA) is 33.4 Å². The third kappa shape index (κ3) is 1.39. The van der Waals surface area contributed by atoms with Crippen LogP contribution >= 0.6 is 0 Å². The first-order chi connectivity index (χ1) is 7.84. The van der Waals surface area contributed by atoms with Crippen molar-refractivity contribution in [3.63, 3.8) is 0 Å². The number of rotatable bonds is 1. The molecule has 1 aliphatic heterocycles. The van der Waals surface area contributed by atoms with E-state index in [9.17, 15) is 0 Å². The molecule has 4 nitrogen and oxygen atoms in total. The number of anilines is 1. The van der Waals surface area contributed by atoms with Crippen molar-refractivity contribution in [1.29, 1.82) is 0 Å². The van der Waals surface area contributed by atoms with Gasteiger partial charge in [-0.1, -0.05) is 0 Å². The fraction of sp³-hybridized carbons (Fsp3) is 0.167. The van der Waals surface area contributed by atoms with E-state index in [1.165, 1.54) is 0 Å². The van der Waals surface area contributed by atoms with Gasteiger partial charge in [0.1, 0.15) is 0 Å². The molecular formula is C12H12N4. The Labute approximate surface area is 93.9 Å². The molecule has 0 aliphatic carbocycles. The van der Waals surface area contributed by atoms with Crippen molar-refractivity contribution in [3.8, 4) is 5.69 Å². The molecule has 1 aromatic heterocycles. The predicted octanol–water partition coefficient (Wildman–Crippen LogP) is 2.02. The quantitative estimate of drug-likeness (QED) is 0.724. The number of benzene rings is 1. The van der Waals surface area contributed by atoms with Gasteiger partial charge in [-0.2, -0.15) is 0 Å². The number of aliphatic imine (C=N–C) groups is 1. The van der Waals surface area contributed by atoms with E-state index in [0.29, 0.717) is 0 Å². The summed E-state index contributed by atoms with van der Waals surface area (Å²) in [5.74, 6) is 0. The van der Waals surface area contributed by atoms with Crippen LogP contribution in [0.5, 0.6) is 0 Å². The minimum atomic E-state index is 0.861. The van der Waals surface area contributed by atoms with Gasteiger partial charge >= 0.3 is 0 Å². The molecule has 80 valence electrons. The van der Waals surface area contributed by atoms with Crippen LogP contribution < -0.4 is 4.90 Å². The van der Waals surface area contributed by atoms with Crippen LogP contribution in [0.4, 0.5) is 11.4 Å². The van der Waals surface area contributed by atoms with Crippen LogP contribution in [0.3, 0.4) is 0 Å². The van der Waals surface area contributed by atoms with Gasteiger partial charge in [-0.3, -0.25) is 4.99 Å². The number of imidazole rings is 1. The molecule has 0 fully saturated rings. The lowest BCUT2D eigenvalue weighted by atomic mass is 10.2. The van der Waals surface area contributed by atoms with Crippen molar-refractivity contribution in [2.24, 2.45) is 4.99 Å². The summed E-state index contributed by atoms with van der Waals surface area (Å²) in [5, 5.41) is 0. The number of hydrogen-bond donors (Lipinski definition) is 0. The summed E-state index contributed by atoms with van der Waals surface area (Å²) in [5.41, 5.74) is 3.30. The number of aromatic nitrogens is 2. The number of nitrogens with zero attached hydrogens (tertiary/aromatic N) is 4. The Morgan fingerprint density at radius 2 is 2.25 bits per heavy atom. The van der Waals surface area contributed by atoms with E-state index in [1.54, 1.807) is 12.5 Å². The maximum atomic E-state index is 4.37. The monoisotopic (exact) mass is 212 g/mol. The third-order valence-electron chi connectivity index (χ3n) is 2.76. The Balaban J connectivity index is 2.11. The fourth-order valence-electron chi connectivity index (χ4n) is 1.86. The van der Waals surface area contributed by atoms with Crippen molar-refractivity contribution in [2.75, 3.05) is 18.5 Å². The first-order valence-electron chi connectivity index (χ1n) is 5.20. The van der Waals surface area contributed by atoms with E-state index in [2.05, 4.69) is 34.1 Å². The SMILES string of the molecule is CN1CC=Nc2ccc(-n3ccnc3)cc21. The van der Waals surface area contributed by atoms with Crippen LogP contribution in [0.1, 0.15) is 0 Å². The first-order valence-corrected chi connectivity index (χ1v) is 5.20. The van der Waals surface area contributed by atoms with Gasteiger partial charge in [0, 0.05) is 31.3 Å². The van der Waals surface area contributed by atoms with Crippen LogP contribution in [-0.2, 0) is 0 Å². The van der Waals surface area contributed by atoms with Crippen LogP contribution in [0.25, 0.3) is 5.69 Å². The summed E-state index contributed by atoms with van der Waals surface area (Å²) >= 11 is 0. The Morgan fingerprint density at radius 1 is 1.31 bits per heavy atom. The molecule has 0 saturated heterocycles. The molecule has 3 rings (SSSR count). The van der Waals surface area contributed by atoms with E-state index in [-0.39, 0.29) is 0 Å². The van der Waals surface area contributed by atoms with Gasteiger partial charge in [0.2, 0.25) is 0 Å². The van der Waals surface area contributed by atoms with Crippen LogP contribution in [-0.4, -0.2) is 29.4 Å². The fourth-order valence-corrected chi connectivity index (χ4v) is 1.86. The highest BCUT2D eigenvalue weighted by Crippen LogP contribution is 2.31. The van der Waals surface area contributed by atoms with E-state index in [4.69, 9.17) is 0 Å². The summed E-state index contributed by atoms with van der Waals surface area (Å²) in [7, 11) is 2.07. The van der Waals surface area contributed by atoms with Gasteiger partial charge in [-0.05, 0) is 18.2 Å². The highest BCUT2D eigenvalue weighted by Gasteiger charge is 2.11. The maximum absolute atomic E-state index is 4.37. The van der Waals surface area contributed by atoms with Crippen LogP contribution in [0, 0.1) is 0 Å². The second kappa shape index (κ2) is 3.48. The molecule has 0 amide bonds. The Hall–Kier alpha value is -2.10. The standard InChI is InChI=1S/C12H12N4/c1-15-6-5-14-11-3-2-10(8-12(11)15)16-7-4-13-9-16/h2-5,7-9H,6H2,1H3. The summed E-state index contributed by atoms with van der Waals surface area (Å²) in [4.78, 5) is 10.6. The van der Waals surface area contributed by atoms with Crippen LogP contribution in [0.15, 0.2) is 41.9 Å². The highest BCUT2D eigenvalue weighted by molar-refractivity contribution is 5.82. The average molecular weight is 212 g/mol. The Morgan fingerprint density at radius 3 is 3.06 bits per heavy atom. The maximum Gasteiger partial charge on any atom is 0.0991 e. The van der Waals surface area contributed by atoms with Gasteiger partial charge in [-0.15, -0.1) is 0 Å². The van der Waals surface area contributed by atoms with Gasteiger partial charge < -0.3 is 9.47 Å². The van der Waals surface area contributed by atoms with Crippen molar-refractivity contribution in [2.45, 2.75) is 0 Å². The van der Waals surface area contributed by atoms with Crippen LogP contribution in [0.2, 0.25) is 0 Å². The van der Waals surface area contributed by atoms with Crippen molar-refractivity contribution in [3.05, 3.63) is 36.9 Å². The summed E-state index contributed by atoms with van der Waals surface area (Å²) in [6.45, 7) is 0.861. The largest absolute Gasteiger partial charge is 0.368 e. The molecule has 16 heavy (non-hydrogen) atoms. The second-order valence-electron chi connectivity index (χ2n) is 3.84. The summed E-state index contributed by atoms with van der Waals surface area (Å²) in [6, 6.07) is 6.22. The van der Waals surface area contributed by atoms with Gasteiger partial charge in [0.25, 0.3) is 0 Å². The second-order valence-corrected chi connectivity index (χ2v) is 3.84. The zero-order chi connectivity index (χ0) is 11.0. The smallest absolute Gasteiger partial charge is 0.0991 e. The summed E-state index contributed by atoms with van der Waals surface area (Å²) < 4.78 is 1.99.